The smallest absolute Gasteiger partial charge is 0.273 e. The number of fused-ring (bicyclic) bond motifs is 1. The molecule has 2 heterocycles. The van der Waals surface area contributed by atoms with Crippen LogP contribution < -0.4 is 0 Å². The van der Waals surface area contributed by atoms with Gasteiger partial charge in [-0.25, -0.2) is 0 Å². The van der Waals surface area contributed by atoms with E-state index in [0.29, 0.717) is 18.8 Å². The molecule has 27 heavy (non-hydrogen) atoms. The zero-order valence-corrected chi connectivity index (χ0v) is 16.1. The van der Waals surface area contributed by atoms with Gasteiger partial charge in [0.2, 0.25) is 0 Å². The Balaban J connectivity index is 1.83. The second kappa shape index (κ2) is 7.58. The van der Waals surface area contributed by atoms with Crippen LogP contribution in [0.5, 0.6) is 0 Å². The molecule has 0 bridgehead atoms. The zero-order chi connectivity index (χ0) is 18.8. The van der Waals surface area contributed by atoms with E-state index in [2.05, 4.69) is 40.7 Å². The minimum absolute atomic E-state index is 0.0318. The summed E-state index contributed by atoms with van der Waals surface area (Å²) in [6, 6.07) is 18.2. The number of nitrogens with zero attached hydrogens (tertiary/aromatic N) is 2. The lowest BCUT2D eigenvalue weighted by molar-refractivity contribution is 0.0677. The molecule has 1 aliphatic rings. The first-order valence-electron chi connectivity index (χ1n) is 8.82. The number of rotatable bonds is 6. The summed E-state index contributed by atoms with van der Waals surface area (Å²) in [5.74, 6) is -0.0318. The first kappa shape index (κ1) is 17.8. The molecular formula is C21H21N3O2S. The number of hydrogen-bond acceptors (Lipinski definition) is 4. The molecule has 1 aliphatic heterocycles. The van der Waals surface area contributed by atoms with Crippen LogP contribution >= 0.6 is 11.8 Å². The van der Waals surface area contributed by atoms with E-state index in [9.17, 15) is 4.79 Å². The summed E-state index contributed by atoms with van der Waals surface area (Å²) in [4.78, 5) is 16.1. The monoisotopic (exact) mass is 379 g/mol. The number of thioether (sulfide) groups is 1. The molecule has 138 valence electrons. The average Bonchev–Trinajstić information content (AvgIpc) is 3.26. The van der Waals surface area contributed by atoms with Gasteiger partial charge in [0.25, 0.3) is 5.91 Å². The Morgan fingerprint density at radius 3 is 2.56 bits per heavy atom. The van der Waals surface area contributed by atoms with Crippen LogP contribution in [0.15, 0.2) is 59.5 Å². The third-order valence-electron chi connectivity index (χ3n) is 4.88. The van der Waals surface area contributed by atoms with Gasteiger partial charge in [-0.2, -0.15) is 5.10 Å². The van der Waals surface area contributed by atoms with Crippen LogP contribution in [0.2, 0.25) is 0 Å². The number of H-pyrrole nitrogens is 1. The van der Waals surface area contributed by atoms with Crippen LogP contribution in [0.25, 0.3) is 11.3 Å². The van der Waals surface area contributed by atoms with E-state index in [1.807, 2.05) is 35.2 Å². The molecule has 3 aromatic rings. The molecule has 6 heteroatoms. The minimum atomic E-state index is -0.174. The van der Waals surface area contributed by atoms with E-state index < -0.39 is 0 Å². The number of nitrogens with one attached hydrogen (secondary N) is 1. The molecule has 1 unspecified atom stereocenters. The van der Waals surface area contributed by atoms with Crippen molar-refractivity contribution in [1.29, 1.82) is 0 Å². The Morgan fingerprint density at radius 2 is 1.89 bits per heavy atom. The standard InChI is InChI=1S/C21H21N3O2S/c1-26-13-12-24-20(15-8-10-16(27-2)11-9-15)17-18(14-6-4-3-5-7-14)22-23-19(17)21(24)25/h3-11,20H,12-13H2,1-2H3,(H,22,23). The highest BCUT2D eigenvalue weighted by molar-refractivity contribution is 7.98. The zero-order valence-electron chi connectivity index (χ0n) is 15.3. The number of amides is 1. The molecule has 0 fully saturated rings. The predicted molar refractivity (Wildman–Crippen MR) is 107 cm³/mol. The molecule has 0 saturated heterocycles. The molecule has 0 saturated carbocycles. The molecule has 0 radical (unpaired) electrons. The molecule has 0 spiro atoms. The van der Waals surface area contributed by atoms with Gasteiger partial charge in [0.15, 0.2) is 0 Å². The Labute approximate surface area is 162 Å². The van der Waals surface area contributed by atoms with Gasteiger partial charge < -0.3 is 9.64 Å². The maximum absolute atomic E-state index is 13.0. The number of ether oxygens (including phenoxy) is 1. The lowest BCUT2D eigenvalue weighted by Crippen LogP contribution is -2.32. The van der Waals surface area contributed by atoms with Gasteiger partial charge in [0, 0.05) is 29.7 Å². The maximum Gasteiger partial charge on any atom is 0.273 e. The first-order chi connectivity index (χ1) is 13.2. The van der Waals surface area contributed by atoms with Crippen molar-refractivity contribution in [2.45, 2.75) is 10.9 Å². The summed E-state index contributed by atoms with van der Waals surface area (Å²) in [5, 5.41) is 7.45. The summed E-state index contributed by atoms with van der Waals surface area (Å²) >= 11 is 1.70. The van der Waals surface area contributed by atoms with Crippen LogP contribution in [0.3, 0.4) is 0 Å². The van der Waals surface area contributed by atoms with Crippen LogP contribution in [-0.2, 0) is 4.74 Å². The SMILES string of the molecule is COCCN1C(=O)c2[nH]nc(-c3ccccc3)c2C1c1ccc(SC)cc1. The second-order valence-corrected chi connectivity index (χ2v) is 7.27. The largest absolute Gasteiger partial charge is 0.383 e. The van der Waals surface area contributed by atoms with Crippen molar-refractivity contribution in [2.75, 3.05) is 26.5 Å². The predicted octanol–water partition coefficient (Wildman–Crippen LogP) is 3.99. The molecule has 5 nitrogen and oxygen atoms in total. The van der Waals surface area contributed by atoms with Crippen molar-refractivity contribution in [1.82, 2.24) is 15.1 Å². The van der Waals surface area contributed by atoms with Gasteiger partial charge in [0.05, 0.1) is 18.3 Å². The van der Waals surface area contributed by atoms with E-state index in [1.165, 1.54) is 4.90 Å². The Morgan fingerprint density at radius 1 is 1.15 bits per heavy atom. The van der Waals surface area contributed by atoms with E-state index in [0.717, 1.165) is 22.4 Å². The van der Waals surface area contributed by atoms with E-state index >= 15 is 0 Å². The summed E-state index contributed by atoms with van der Waals surface area (Å²) in [7, 11) is 1.65. The molecule has 1 aromatic heterocycles. The van der Waals surface area contributed by atoms with Gasteiger partial charge in [-0.15, -0.1) is 11.8 Å². The number of benzene rings is 2. The number of methoxy groups -OCH3 is 1. The fourth-order valence-corrected chi connectivity index (χ4v) is 3.97. The summed E-state index contributed by atoms with van der Waals surface area (Å²) in [6.45, 7) is 1.02. The molecular weight excluding hydrogens is 358 g/mol. The third-order valence-corrected chi connectivity index (χ3v) is 5.62. The lowest BCUT2D eigenvalue weighted by atomic mass is 9.96. The highest BCUT2D eigenvalue weighted by atomic mass is 32.2. The quantitative estimate of drug-likeness (QED) is 0.658. The fourth-order valence-electron chi connectivity index (χ4n) is 3.57. The number of hydrogen-bond donors (Lipinski definition) is 1. The van der Waals surface area contributed by atoms with Crippen LogP contribution in [-0.4, -0.2) is 47.5 Å². The van der Waals surface area contributed by atoms with Crippen molar-refractivity contribution in [2.24, 2.45) is 0 Å². The number of carbonyl (C=O) groups is 1. The van der Waals surface area contributed by atoms with Crippen LogP contribution in [0, 0.1) is 0 Å². The van der Waals surface area contributed by atoms with Gasteiger partial charge in [-0.1, -0.05) is 42.5 Å². The molecule has 1 amide bonds. The Bertz CT molecular complexity index is 938. The summed E-state index contributed by atoms with van der Waals surface area (Å²) in [5.41, 5.74) is 4.43. The maximum atomic E-state index is 13.0. The molecule has 2 aromatic carbocycles. The third kappa shape index (κ3) is 3.15. The van der Waals surface area contributed by atoms with Crippen molar-refractivity contribution >= 4 is 17.7 Å². The normalized spacial score (nSPS) is 16.0. The van der Waals surface area contributed by atoms with Gasteiger partial charge in [-0.05, 0) is 24.0 Å². The van der Waals surface area contributed by atoms with Crippen molar-refractivity contribution in [3.05, 3.63) is 71.4 Å². The number of carbonyl (C=O) groups excluding carboxylic acids is 1. The summed E-state index contributed by atoms with van der Waals surface area (Å²) in [6.07, 6.45) is 2.06. The number of aromatic amines is 1. The average molecular weight is 379 g/mol. The molecule has 4 rings (SSSR count). The summed E-state index contributed by atoms with van der Waals surface area (Å²) < 4.78 is 5.24. The lowest BCUT2D eigenvalue weighted by Gasteiger charge is -2.26. The van der Waals surface area contributed by atoms with Gasteiger partial charge in [-0.3, -0.25) is 9.89 Å². The van der Waals surface area contributed by atoms with Crippen molar-refractivity contribution < 1.29 is 9.53 Å². The fraction of sp³-hybridized carbons (Fsp3) is 0.238. The molecule has 1 N–H and O–H groups in total. The van der Waals surface area contributed by atoms with Crippen LogP contribution in [0.4, 0.5) is 0 Å². The second-order valence-electron chi connectivity index (χ2n) is 6.39. The van der Waals surface area contributed by atoms with Crippen molar-refractivity contribution in [3.63, 3.8) is 0 Å². The van der Waals surface area contributed by atoms with Gasteiger partial charge in [0.1, 0.15) is 5.69 Å². The first-order valence-corrected chi connectivity index (χ1v) is 10.0. The Kier molecular flexibility index (Phi) is 5.01. The van der Waals surface area contributed by atoms with E-state index in [4.69, 9.17) is 4.74 Å². The number of aromatic nitrogens is 2. The topological polar surface area (TPSA) is 58.2 Å². The Hall–Kier alpha value is -2.57. The van der Waals surface area contributed by atoms with Crippen LogP contribution in [0.1, 0.15) is 27.7 Å². The minimum Gasteiger partial charge on any atom is -0.383 e. The highest BCUT2D eigenvalue weighted by Crippen LogP contribution is 2.42. The van der Waals surface area contributed by atoms with Crippen molar-refractivity contribution in [3.8, 4) is 11.3 Å². The van der Waals surface area contributed by atoms with E-state index in [-0.39, 0.29) is 11.9 Å². The van der Waals surface area contributed by atoms with Gasteiger partial charge >= 0.3 is 0 Å². The molecule has 0 aliphatic carbocycles. The molecule has 1 atom stereocenters. The highest BCUT2D eigenvalue weighted by Gasteiger charge is 2.41. The van der Waals surface area contributed by atoms with E-state index in [1.54, 1.807) is 18.9 Å².